The second-order valence-corrected chi connectivity index (χ2v) is 8.00. The van der Waals surface area contributed by atoms with Crippen LogP contribution in [0.25, 0.3) is 0 Å². The van der Waals surface area contributed by atoms with Gasteiger partial charge in [0.2, 0.25) is 0 Å². The zero-order valence-corrected chi connectivity index (χ0v) is 14.2. The average Bonchev–Trinajstić information content (AvgIpc) is 2.63. The quantitative estimate of drug-likeness (QED) is 0.802. The molecule has 1 aromatic heterocycles. The minimum absolute atomic E-state index is 0.0983. The number of nitrogens with one attached hydrogen (secondary N) is 1. The normalized spacial score (nSPS) is 22.1. The van der Waals surface area contributed by atoms with E-state index in [0.29, 0.717) is 16.6 Å². The van der Waals surface area contributed by atoms with Gasteiger partial charge >= 0.3 is 0 Å². The summed E-state index contributed by atoms with van der Waals surface area (Å²) >= 11 is 6.29. The minimum atomic E-state index is -0.0983. The van der Waals surface area contributed by atoms with E-state index in [9.17, 15) is 0 Å². The van der Waals surface area contributed by atoms with Crippen molar-refractivity contribution in [2.24, 2.45) is 5.41 Å². The van der Waals surface area contributed by atoms with Crippen molar-refractivity contribution in [3.8, 4) is 0 Å². The lowest BCUT2D eigenvalue weighted by molar-refractivity contribution is 0.349. The van der Waals surface area contributed by atoms with E-state index in [4.69, 9.17) is 16.6 Å². The Balaban J connectivity index is 2.34. The summed E-state index contributed by atoms with van der Waals surface area (Å²) in [6.45, 7) is 13.0. The fourth-order valence-electron chi connectivity index (χ4n) is 2.72. The fraction of sp³-hybridized carbons (Fsp3) is 0.750. The topological polar surface area (TPSA) is 37.8 Å². The van der Waals surface area contributed by atoms with Crippen LogP contribution in [0.15, 0.2) is 0 Å². The van der Waals surface area contributed by atoms with Gasteiger partial charge in [-0.3, -0.25) is 0 Å². The molecular formula is C16H26ClN3. The molecule has 0 radical (unpaired) electrons. The highest BCUT2D eigenvalue weighted by atomic mass is 35.5. The molecule has 1 saturated carbocycles. The number of aromatic nitrogens is 2. The zero-order valence-electron chi connectivity index (χ0n) is 13.5. The average molecular weight is 296 g/mol. The van der Waals surface area contributed by atoms with Gasteiger partial charge in [-0.25, -0.2) is 9.97 Å². The molecule has 0 aliphatic heterocycles. The lowest BCUT2D eigenvalue weighted by Crippen LogP contribution is -2.32. The Kier molecular flexibility index (Phi) is 4.03. The van der Waals surface area contributed by atoms with Crippen molar-refractivity contribution in [1.82, 2.24) is 9.97 Å². The predicted molar refractivity (Wildman–Crippen MR) is 85.5 cm³/mol. The van der Waals surface area contributed by atoms with Gasteiger partial charge in [0.05, 0.1) is 0 Å². The van der Waals surface area contributed by atoms with Gasteiger partial charge in [-0.05, 0) is 25.2 Å². The molecule has 0 amide bonds. The summed E-state index contributed by atoms with van der Waals surface area (Å²) in [6, 6.07) is 0.458. The van der Waals surface area contributed by atoms with E-state index in [2.05, 4.69) is 44.9 Å². The summed E-state index contributed by atoms with van der Waals surface area (Å²) in [6.07, 6.45) is 3.72. The highest BCUT2D eigenvalue weighted by Crippen LogP contribution is 2.39. The number of hydrogen-bond donors (Lipinski definition) is 1. The van der Waals surface area contributed by atoms with Crippen LogP contribution in [0.1, 0.15) is 65.3 Å². The predicted octanol–water partition coefficient (Wildman–Crippen LogP) is 4.73. The van der Waals surface area contributed by atoms with Crippen molar-refractivity contribution in [1.29, 1.82) is 0 Å². The van der Waals surface area contributed by atoms with Crippen LogP contribution in [-0.2, 0) is 5.41 Å². The first-order valence-corrected chi connectivity index (χ1v) is 7.80. The maximum absolute atomic E-state index is 6.29. The molecule has 0 aromatic carbocycles. The molecule has 1 unspecified atom stereocenters. The first kappa shape index (κ1) is 15.6. The van der Waals surface area contributed by atoms with Crippen LogP contribution in [0, 0.1) is 12.3 Å². The third-order valence-corrected chi connectivity index (χ3v) is 4.69. The summed E-state index contributed by atoms with van der Waals surface area (Å²) in [4.78, 5) is 9.16. The number of halogens is 1. The fourth-order valence-corrected chi connectivity index (χ4v) is 2.89. The van der Waals surface area contributed by atoms with Crippen LogP contribution in [-0.4, -0.2) is 16.0 Å². The maximum Gasteiger partial charge on any atom is 0.137 e. The smallest absolute Gasteiger partial charge is 0.137 e. The van der Waals surface area contributed by atoms with Gasteiger partial charge < -0.3 is 5.32 Å². The second-order valence-electron chi connectivity index (χ2n) is 7.64. The highest BCUT2D eigenvalue weighted by Gasteiger charge is 2.35. The summed E-state index contributed by atoms with van der Waals surface area (Å²) in [5.74, 6) is 1.70. The van der Waals surface area contributed by atoms with E-state index in [1.54, 1.807) is 0 Å². The highest BCUT2D eigenvalue weighted by molar-refractivity contribution is 6.30. The first-order chi connectivity index (χ1) is 9.11. The molecule has 112 valence electrons. The van der Waals surface area contributed by atoms with Crippen LogP contribution in [0.4, 0.5) is 5.82 Å². The van der Waals surface area contributed by atoms with Crippen LogP contribution >= 0.6 is 11.6 Å². The van der Waals surface area contributed by atoms with E-state index < -0.39 is 0 Å². The zero-order chi connectivity index (χ0) is 15.1. The summed E-state index contributed by atoms with van der Waals surface area (Å²) < 4.78 is 0. The molecule has 1 aromatic rings. The minimum Gasteiger partial charge on any atom is -0.366 e. The number of anilines is 1. The number of rotatable bonds is 2. The van der Waals surface area contributed by atoms with Crippen molar-refractivity contribution in [2.75, 3.05) is 5.32 Å². The Labute approximate surface area is 127 Å². The van der Waals surface area contributed by atoms with Gasteiger partial charge in [0, 0.05) is 17.0 Å². The standard InChI is InChI=1S/C16H26ClN3/c1-10-12(17)19-14(15(2,3)4)20-13(10)18-11-8-7-9-16(11,5)6/h11H,7-9H2,1-6H3,(H,18,19,20). The van der Waals surface area contributed by atoms with Crippen LogP contribution in [0.5, 0.6) is 0 Å². The van der Waals surface area contributed by atoms with Crippen LogP contribution in [0.3, 0.4) is 0 Å². The molecular weight excluding hydrogens is 270 g/mol. The van der Waals surface area contributed by atoms with Crippen LogP contribution in [0.2, 0.25) is 5.15 Å². The summed E-state index contributed by atoms with van der Waals surface area (Å²) in [5.41, 5.74) is 1.16. The maximum atomic E-state index is 6.29. The van der Waals surface area contributed by atoms with Crippen LogP contribution < -0.4 is 5.32 Å². The summed E-state index contributed by atoms with van der Waals surface area (Å²) in [5, 5.41) is 4.18. The molecule has 0 bridgehead atoms. The molecule has 2 rings (SSSR count). The molecule has 0 spiro atoms. The number of hydrogen-bond acceptors (Lipinski definition) is 3. The molecule has 4 heteroatoms. The molecule has 3 nitrogen and oxygen atoms in total. The third kappa shape index (κ3) is 3.08. The second kappa shape index (κ2) is 5.18. The van der Waals surface area contributed by atoms with Crippen molar-refractivity contribution >= 4 is 17.4 Å². The molecule has 1 atom stereocenters. The largest absolute Gasteiger partial charge is 0.366 e. The van der Waals surface area contributed by atoms with Crippen molar-refractivity contribution < 1.29 is 0 Å². The lowest BCUT2D eigenvalue weighted by Gasteiger charge is -2.29. The van der Waals surface area contributed by atoms with Gasteiger partial charge in [-0.1, -0.05) is 52.6 Å². The SMILES string of the molecule is Cc1c(Cl)nc(C(C)(C)C)nc1NC1CCCC1(C)C. The van der Waals surface area contributed by atoms with Crippen molar-refractivity contribution in [3.63, 3.8) is 0 Å². The van der Waals surface area contributed by atoms with E-state index in [1.165, 1.54) is 19.3 Å². The van der Waals surface area contributed by atoms with E-state index in [0.717, 1.165) is 17.2 Å². The van der Waals surface area contributed by atoms with Gasteiger partial charge in [-0.15, -0.1) is 0 Å². The van der Waals surface area contributed by atoms with Gasteiger partial charge in [0.25, 0.3) is 0 Å². The Hall–Kier alpha value is -0.830. The first-order valence-electron chi connectivity index (χ1n) is 7.42. The molecule has 1 aliphatic carbocycles. The van der Waals surface area contributed by atoms with Gasteiger partial charge in [0.15, 0.2) is 0 Å². The van der Waals surface area contributed by atoms with Gasteiger partial charge in [-0.2, -0.15) is 0 Å². The molecule has 1 aliphatic rings. The molecule has 0 saturated heterocycles. The van der Waals surface area contributed by atoms with Crippen molar-refractivity contribution in [3.05, 3.63) is 16.5 Å². The van der Waals surface area contributed by atoms with E-state index in [-0.39, 0.29) is 5.41 Å². The van der Waals surface area contributed by atoms with E-state index in [1.807, 2.05) is 6.92 Å². The molecule has 1 N–H and O–H groups in total. The Morgan fingerprint density at radius 3 is 2.40 bits per heavy atom. The molecule has 1 fully saturated rings. The van der Waals surface area contributed by atoms with E-state index >= 15 is 0 Å². The summed E-state index contributed by atoms with van der Waals surface area (Å²) in [7, 11) is 0. The third-order valence-electron chi connectivity index (χ3n) is 4.33. The van der Waals surface area contributed by atoms with Crippen molar-refractivity contribution in [2.45, 2.75) is 72.3 Å². The number of nitrogens with zero attached hydrogens (tertiary/aromatic N) is 2. The Morgan fingerprint density at radius 1 is 1.25 bits per heavy atom. The Bertz CT molecular complexity index is 503. The Morgan fingerprint density at radius 2 is 1.90 bits per heavy atom. The monoisotopic (exact) mass is 295 g/mol. The molecule has 1 heterocycles. The lowest BCUT2D eigenvalue weighted by atomic mass is 9.87. The molecule has 20 heavy (non-hydrogen) atoms. The van der Waals surface area contributed by atoms with Gasteiger partial charge in [0.1, 0.15) is 16.8 Å².